The molecule has 15 nitrogen and oxygen atoms in total. The van der Waals surface area contributed by atoms with Gasteiger partial charge in [0.1, 0.15) is 52.8 Å². The van der Waals surface area contributed by atoms with Gasteiger partial charge >= 0.3 is 12.1 Å². The summed E-state index contributed by atoms with van der Waals surface area (Å²) in [5, 5.41) is 14.8. The van der Waals surface area contributed by atoms with Crippen LogP contribution in [0.15, 0.2) is 91.5 Å². The predicted molar refractivity (Wildman–Crippen MR) is 210 cm³/mol. The van der Waals surface area contributed by atoms with Crippen LogP contribution in [0.5, 0.6) is 11.5 Å². The number of hydrogen-bond acceptors (Lipinski definition) is 13. The molecule has 0 unspecified atom stereocenters. The van der Waals surface area contributed by atoms with E-state index in [1.165, 1.54) is 17.2 Å². The molecule has 1 saturated heterocycles. The van der Waals surface area contributed by atoms with Crippen molar-refractivity contribution >= 4 is 29.0 Å². The Morgan fingerprint density at radius 1 is 0.895 bits per heavy atom. The van der Waals surface area contributed by atoms with Crippen molar-refractivity contribution in [2.24, 2.45) is 5.92 Å². The minimum atomic E-state index is -1.43. The quantitative estimate of drug-likeness (QED) is 0.0941. The van der Waals surface area contributed by atoms with E-state index in [1.807, 2.05) is 92.7 Å². The van der Waals surface area contributed by atoms with Crippen molar-refractivity contribution in [2.45, 2.75) is 82.8 Å². The number of anilines is 1. The first-order chi connectivity index (χ1) is 27.2. The molecule has 5 aromatic rings. The Hall–Kier alpha value is -5.77. The first kappa shape index (κ1) is 40.9. The number of aromatic nitrogens is 4. The van der Waals surface area contributed by atoms with Crippen LogP contribution in [0.4, 0.5) is 10.6 Å². The Morgan fingerprint density at radius 2 is 1.49 bits per heavy atom. The summed E-state index contributed by atoms with van der Waals surface area (Å²) in [5.41, 5.74) is 7.00. The molecule has 6 rings (SSSR count). The number of nitrogen functional groups attached to an aromatic ring is 1. The van der Waals surface area contributed by atoms with Crippen LogP contribution in [0.25, 0.3) is 11.2 Å². The van der Waals surface area contributed by atoms with E-state index < -0.39 is 53.8 Å². The van der Waals surface area contributed by atoms with Gasteiger partial charge in [-0.05, 0) is 74.1 Å². The van der Waals surface area contributed by atoms with E-state index in [4.69, 9.17) is 34.2 Å². The lowest BCUT2D eigenvalue weighted by atomic mass is 9.80. The molecule has 1 aliphatic rings. The predicted octanol–water partition coefficient (Wildman–Crippen LogP) is 5.54. The normalized spacial score (nSPS) is 19.0. The van der Waals surface area contributed by atoms with E-state index in [9.17, 15) is 14.7 Å². The van der Waals surface area contributed by atoms with Crippen LogP contribution in [-0.4, -0.2) is 87.5 Å². The van der Waals surface area contributed by atoms with Gasteiger partial charge in [-0.3, -0.25) is 4.57 Å². The molecule has 0 aliphatic carbocycles. The molecule has 15 heteroatoms. The number of hydrogen-bond donors (Lipinski definition) is 3. The second-order valence-electron chi connectivity index (χ2n) is 15.2. The van der Waals surface area contributed by atoms with Crippen molar-refractivity contribution in [1.29, 1.82) is 0 Å². The molecule has 4 N–H and O–H groups in total. The topological polar surface area (TPSA) is 191 Å². The molecule has 0 saturated carbocycles. The van der Waals surface area contributed by atoms with Gasteiger partial charge in [0.25, 0.3) is 0 Å². The number of imidazole rings is 1. The minimum Gasteiger partial charge on any atom is -0.497 e. The number of amides is 1. The van der Waals surface area contributed by atoms with Crippen LogP contribution >= 0.6 is 0 Å². The SMILES string of the molecule is COc1ccc(C(OC[C@H]2O[C@@H](n3cnc4c(N)ncnc43)[C@H](OC(=O)[C@H](CC(C)C)NC(=O)OC(C)(C)C)[C@@H]2O)(c2ccccc2)c2ccc(OC)cc2)cc1. The third-order valence-electron chi connectivity index (χ3n) is 9.55. The fourth-order valence-electron chi connectivity index (χ4n) is 6.90. The fraction of sp³-hybridized carbons (Fsp3) is 0.405. The molecule has 302 valence electrons. The number of esters is 1. The number of ether oxygens (including phenoxy) is 6. The second-order valence-corrected chi connectivity index (χ2v) is 15.2. The Bertz CT molecular complexity index is 2070. The number of benzene rings is 3. The summed E-state index contributed by atoms with van der Waals surface area (Å²) in [5.74, 6) is 0.648. The molecule has 1 aliphatic heterocycles. The molecule has 5 atom stereocenters. The number of aliphatic hydroxyl groups excluding tert-OH is 1. The average molecular weight is 783 g/mol. The molecule has 0 bridgehead atoms. The summed E-state index contributed by atoms with van der Waals surface area (Å²) in [6.45, 7) is 8.81. The molecule has 57 heavy (non-hydrogen) atoms. The summed E-state index contributed by atoms with van der Waals surface area (Å²) >= 11 is 0. The summed E-state index contributed by atoms with van der Waals surface area (Å²) < 4.78 is 37.7. The molecule has 0 spiro atoms. The molecule has 3 heterocycles. The van der Waals surface area contributed by atoms with Crippen LogP contribution in [0.2, 0.25) is 0 Å². The zero-order valence-corrected chi connectivity index (χ0v) is 33.1. The summed E-state index contributed by atoms with van der Waals surface area (Å²) in [6.07, 6.45) is -2.79. The molecule has 0 radical (unpaired) electrons. The highest BCUT2D eigenvalue weighted by molar-refractivity contribution is 5.82. The Kier molecular flexibility index (Phi) is 12.3. The number of nitrogens with two attached hydrogens (primary N) is 1. The average Bonchev–Trinajstić information content (AvgIpc) is 3.75. The van der Waals surface area contributed by atoms with Crippen molar-refractivity contribution in [2.75, 3.05) is 26.6 Å². The van der Waals surface area contributed by atoms with Crippen LogP contribution in [-0.2, 0) is 29.3 Å². The Morgan fingerprint density at radius 3 is 2.05 bits per heavy atom. The third-order valence-corrected chi connectivity index (χ3v) is 9.55. The summed E-state index contributed by atoms with van der Waals surface area (Å²) in [4.78, 5) is 39.7. The van der Waals surface area contributed by atoms with Gasteiger partial charge in [-0.2, -0.15) is 0 Å². The van der Waals surface area contributed by atoms with Gasteiger partial charge in [-0.25, -0.2) is 24.5 Å². The van der Waals surface area contributed by atoms with Gasteiger partial charge in [0, 0.05) is 0 Å². The highest BCUT2D eigenvalue weighted by Gasteiger charge is 2.50. The van der Waals surface area contributed by atoms with E-state index in [0.29, 0.717) is 22.7 Å². The highest BCUT2D eigenvalue weighted by atomic mass is 16.6. The number of methoxy groups -OCH3 is 2. The number of alkyl carbamates (subject to hydrolysis) is 1. The highest BCUT2D eigenvalue weighted by Crippen LogP contribution is 2.43. The van der Waals surface area contributed by atoms with Crippen LogP contribution in [0.1, 0.15) is 64.0 Å². The first-order valence-corrected chi connectivity index (χ1v) is 18.7. The van der Waals surface area contributed by atoms with Gasteiger partial charge in [0.15, 0.2) is 23.8 Å². The molecular weight excluding hydrogens is 732 g/mol. The monoisotopic (exact) mass is 782 g/mol. The summed E-state index contributed by atoms with van der Waals surface area (Å²) in [7, 11) is 3.20. The number of nitrogens with zero attached hydrogens (tertiary/aromatic N) is 4. The van der Waals surface area contributed by atoms with Crippen molar-refractivity contribution in [1.82, 2.24) is 24.8 Å². The Labute approximate surface area is 331 Å². The number of carbonyl (C=O) groups is 2. The van der Waals surface area contributed by atoms with Crippen LogP contribution < -0.4 is 20.5 Å². The van der Waals surface area contributed by atoms with Crippen molar-refractivity contribution in [3.63, 3.8) is 0 Å². The zero-order chi connectivity index (χ0) is 40.9. The van der Waals surface area contributed by atoms with Gasteiger partial charge < -0.3 is 44.6 Å². The van der Waals surface area contributed by atoms with E-state index in [2.05, 4.69) is 20.3 Å². The first-order valence-electron chi connectivity index (χ1n) is 18.7. The van der Waals surface area contributed by atoms with Crippen molar-refractivity contribution in [3.8, 4) is 11.5 Å². The molecule has 1 amide bonds. The fourth-order valence-corrected chi connectivity index (χ4v) is 6.90. The van der Waals surface area contributed by atoms with E-state index in [1.54, 1.807) is 35.0 Å². The number of carbonyl (C=O) groups excluding carboxylic acids is 2. The maximum Gasteiger partial charge on any atom is 0.408 e. The zero-order valence-electron chi connectivity index (χ0n) is 33.1. The lowest BCUT2D eigenvalue weighted by Crippen LogP contribution is -2.47. The van der Waals surface area contributed by atoms with Gasteiger partial charge in [-0.1, -0.05) is 68.4 Å². The standard InChI is InChI=1S/C42H50N6O9/c1-25(2)21-31(47-40(51)57-41(3,4)5)39(50)56-35-34(49)32(55-38(35)48-24-46-33-36(43)44-23-45-37(33)48)22-54-42(26-11-9-8-10-12-26,27-13-17-29(52-6)18-14-27)28-15-19-30(53-7)20-16-28/h8-20,23-25,31-32,34-35,38,49H,21-22H2,1-7H3,(H,47,51)(H2,43,44,45)/t31-,32+,34+,35+,38+/m0/s1. The lowest BCUT2D eigenvalue weighted by molar-refractivity contribution is -0.161. The molecule has 3 aromatic carbocycles. The van der Waals surface area contributed by atoms with Crippen LogP contribution in [0.3, 0.4) is 0 Å². The third kappa shape index (κ3) is 8.95. The molecular formula is C42H50N6O9. The summed E-state index contributed by atoms with van der Waals surface area (Å²) in [6, 6.07) is 23.7. The van der Waals surface area contributed by atoms with E-state index >= 15 is 0 Å². The second kappa shape index (κ2) is 17.2. The number of nitrogens with one attached hydrogen (secondary N) is 1. The van der Waals surface area contributed by atoms with Crippen LogP contribution in [0, 0.1) is 5.92 Å². The minimum absolute atomic E-state index is 0.0153. The smallest absolute Gasteiger partial charge is 0.408 e. The molecule has 2 aromatic heterocycles. The van der Waals surface area contributed by atoms with Gasteiger partial charge in [0.05, 0.1) is 27.2 Å². The van der Waals surface area contributed by atoms with E-state index in [0.717, 1.165) is 16.7 Å². The molecule has 1 fully saturated rings. The van der Waals surface area contributed by atoms with Gasteiger partial charge in [-0.15, -0.1) is 0 Å². The van der Waals surface area contributed by atoms with Crippen molar-refractivity contribution < 1.29 is 43.1 Å². The van der Waals surface area contributed by atoms with Gasteiger partial charge in [0.2, 0.25) is 0 Å². The number of rotatable bonds is 14. The largest absolute Gasteiger partial charge is 0.497 e. The number of aliphatic hydroxyl groups is 1. The van der Waals surface area contributed by atoms with Crippen molar-refractivity contribution in [3.05, 3.63) is 108 Å². The maximum atomic E-state index is 14.0. The maximum absolute atomic E-state index is 14.0. The lowest BCUT2D eigenvalue weighted by Gasteiger charge is -2.37. The number of fused-ring (bicyclic) bond motifs is 1. The van der Waals surface area contributed by atoms with E-state index in [-0.39, 0.29) is 24.8 Å². The Balaban J connectivity index is 1.39.